The zero-order chi connectivity index (χ0) is 15.7. The second-order valence-electron chi connectivity index (χ2n) is 4.80. The van der Waals surface area contributed by atoms with E-state index in [1.165, 1.54) is 16.2 Å². The van der Waals surface area contributed by atoms with Gasteiger partial charge in [0.25, 0.3) is 5.91 Å². The number of anilines is 2. The number of aromatic nitrogens is 2. The third-order valence-electron chi connectivity index (χ3n) is 3.24. The van der Waals surface area contributed by atoms with Crippen molar-refractivity contribution in [2.24, 2.45) is 0 Å². The Hall–Kier alpha value is -2.48. The Morgan fingerprint density at radius 2 is 2.32 bits per heavy atom. The van der Waals surface area contributed by atoms with Crippen molar-refractivity contribution in [3.63, 3.8) is 0 Å². The van der Waals surface area contributed by atoms with Gasteiger partial charge < -0.3 is 10.1 Å². The Morgan fingerprint density at radius 3 is 3.05 bits per heavy atom. The summed E-state index contributed by atoms with van der Waals surface area (Å²) in [6.07, 6.45) is 1.55. The van der Waals surface area contributed by atoms with Crippen LogP contribution in [0.15, 0.2) is 18.3 Å². The van der Waals surface area contributed by atoms with Gasteiger partial charge in [-0.1, -0.05) is 0 Å². The Bertz CT molecular complexity index is 724. The minimum atomic E-state index is -0.319. The predicted molar refractivity (Wildman–Crippen MR) is 82.3 cm³/mol. The van der Waals surface area contributed by atoms with Gasteiger partial charge in [-0.05, 0) is 26.0 Å². The number of amides is 2. The first-order valence-electron chi connectivity index (χ1n) is 6.66. The van der Waals surface area contributed by atoms with Crippen LogP contribution in [0.5, 0.6) is 5.75 Å². The summed E-state index contributed by atoms with van der Waals surface area (Å²) in [5.41, 5.74) is 0.884. The van der Waals surface area contributed by atoms with Crippen LogP contribution < -0.4 is 15.0 Å². The maximum atomic E-state index is 12.1. The molecule has 7 nitrogen and oxygen atoms in total. The molecule has 2 amide bonds. The van der Waals surface area contributed by atoms with E-state index < -0.39 is 0 Å². The van der Waals surface area contributed by atoms with E-state index in [2.05, 4.69) is 15.3 Å². The van der Waals surface area contributed by atoms with E-state index in [0.29, 0.717) is 16.7 Å². The number of carbonyl (C=O) groups is 2. The van der Waals surface area contributed by atoms with Gasteiger partial charge in [-0.15, -0.1) is 11.3 Å². The van der Waals surface area contributed by atoms with E-state index in [1.54, 1.807) is 18.3 Å². The smallest absolute Gasteiger partial charge is 0.266 e. The second kappa shape index (κ2) is 5.72. The Labute approximate surface area is 130 Å². The average molecular weight is 318 g/mol. The van der Waals surface area contributed by atoms with Crippen molar-refractivity contribution in [2.75, 3.05) is 23.4 Å². The van der Waals surface area contributed by atoms with E-state index in [0.717, 1.165) is 10.6 Å². The summed E-state index contributed by atoms with van der Waals surface area (Å²) >= 11 is 1.40. The first kappa shape index (κ1) is 14.5. The van der Waals surface area contributed by atoms with Gasteiger partial charge in [-0.2, -0.15) is 0 Å². The number of carbonyl (C=O) groups excluding carboxylic acids is 2. The summed E-state index contributed by atoms with van der Waals surface area (Å²) in [6.45, 7) is 3.60. The maximum Gasteiger partial charge on any atom is 0.266 e. The number of fused-ring (bicyclic) bond motifs is 1. The van der Waals surface area contributed by atoms with Gasteiger partial charge in [-0.25, -0.2) is 9.97 Å². The Kier molecular flexibility index (Phi) is 3.76. The fraction of sp³-hybridized carbons (Fsp3) is 0.286. The molecule has 2 aromatic rings. The molecule has 0 spiro atoms. The molecule has 1 N–H and O–H groups in total. The van der Waals surface area contributed by atoms with E-state index in [4.69, 9.17) is 4.74 Å². The molecule has 0 fully saturated rings. The van der Waals surface area contributed by atoms with E-state index in [1.807, 2.05) is 13.8 Å². The van der Waals surface area contributed by atoms with Crippen molar-refractivity contribution in [1.29, 1.82) is 0 Å². The lowest BCUT2D eigenvalue weighted by Crippen LogP contribution is -2.43. The van der Waals surface area contributed by atoms with Crippen LogP contribution in [0.1, 0.15) is 10.6 Å². The molecular weight excluding hydrogens is 304 g/mol. The third kappa shape index (κ3) is 2.77. The minimum Gasteiger partial charge on any atom is -0.480 e. The molecule has 0 bridgehead atoms. The Morgan fingerprint density at radius 1 is 1.50 bits per heavy atom. The van der Waals surface area contributed by atoms with Crippen LogP contribution in [0.25, 0.3) is 0 Å². The Balaban J connectivity index is 1.75. The molecule has 22 heavy (non-hydrogen) atoms. The summed E-state index contributed by atoms with van der Waals surface area (Å²) in [7, 11) is 0. The van der Waals surface area contributed by atoms with Crippen LogP contribution >= 0.6 is 11.3 Å². The molecule has 8 heteroatoms. The largest absolute Gasteiger partial charge is 0.480 e. The SMILES string of the molecule is Cc1nc(NC(=O)CN2C(=O)COc3cccnc32)sc1C. The van der Waals surface area contributed by atoms with Crippen LogP contribution in [0.4, 0.5) is 10.9 Å². The van der Waals surface area contributed by atoms with Crippen molar-refractivity contribution in [1.82, 2.24) is 9.97 Å². The summed E-state index contributed by atoms with van der Waals surface area (Å²) in [6, 6.07) is 3.43. The number of ether oxygens (including phenoxy) is 1. The zero-order valence-corrected chi connectivity index (χ0v) is 12.9. The lowest BCUT2D eigenvalue weighted by molar-refractivity contribution is -0.123. The monoisotopic (exact) mass is 318 g/mol. The highest BCUT2D eigenvalue weighted by atomic mass is 32.1. The fourth-order valence-corrected chi connectivity index (χ4v) is 2.86. The molecule has 1 aliphatic rings. The van der Waals surface area contributed by atoms with Crippen molar-refractivity contribution >= 4 is 34.1 Å². The molecule has 2 aromatic heterocycles. The molecule has 0 unspecified atom stereocenters. The highest BCUT2D eigenvalue weighted by Crippen LogP contribution is 2.29. The summed E-state index contributed by atoms with van der Waals surface area (Å²) < 4.78 is 5.29. The number of hydrogen-bond acceptors (Lipinski definition) is 6. The minimum absolute atomic E-state index is 0.0958. The number of nitrogens with zero attached hydrogens (tertiary/aromatic N) is 3. The number of pyridine rings is 1. The predicted octanol–water partition coefficient (Wildman–Crippen LogP) is 1.52. The standard InChI is InChI=1S/C14H14N4O3S/c1-8-9(2)22-14(16-8)17-11(19)6-18-12(20)7-21-10-4-3-5-15-13(10)18/h3-5H,6-7H2,1-2H3,(H,16,17,19). The van der Waals surface area contributed by atoms with Crippen LogP contribution in [-0.4, -0.2) is 34.9 Å². The van der Waals surface area contributed by atoms with E-state index in [-0.39, 0.29) is 25.0 Å². The molecular formula is C14H14N4O3S. The van der Waals surface area contributed by atoms with Crippen molar-refractivity contribution in [3.05, 3.63) is 28.9 Å². The highest BCUT2D eigenvalue weighted by molar-refractivity contribution is 7.15. The van der Waals surface area contributed by atoms with Gasteiger partial charge in [0.1, 0.15) is 6.54 Å². The summed E-state index contributed by atoms with van der Waals surface area (Å²) in [4.78, 5) is 34.9. The number of nitrogens with one attached hydrogen (secondary N) is 1. The van der Waals surface area contributed by atoms with Crippen LogP contribution in [0.2, 0.25) is 0 Å². The van der Waals surface area contributed by atoms with Crippen LogP contribution in [-0.2, 0) is 9.59 Å². The number of thiazole rings is 1. The van der Waals surface area contributed by atoms with Gasteiger partial charge in [0.15, 0.2) is 23.3 Å². The van der Waals surface area contributed by atoms with E-state index in [9.17, 15) is 9.59 Å². The van der Waals surface area contributed by atoms with E-state index >= 15 is 0 Å². The topological polar surface area (TPSA) is 84.4 Å². The lowest BCUT2D eigenvalue weighted by atomic mass is 10.3. The van der Waals surface area contributed by atoms with Gasteiger partial charge in [0, 0.05) is 11.1 Å². The average Bonchev–Trinajstić information content (AvgIpc) is 2.80. The first-order chi connectivity index (χ1) is 10.5. The van der Waals surface area contributed by atoms with Crippen LogP contribution in [0.3, 0.4) is 0 Å². The third-order valence-corrected chi connectivity index (χ3v) is 4.22. The molecule has 114 valence electrons. The molecule has 3 heterocycles. The van der Waals surface area contributed by atoms with Gasteiger partial charge in [0.2, 0.25) is 5.91 Å². The summed E-state index contributed by atoms with van der Waals surface area (Å²) in [5, 5.41) is 3.24. The zero-order valence-electron chi connectivity index (χ0n) is 12.1. The normalized spacial score (nSPS) is 13.5. The first-order valence-corrected chi connectivity index (χ1v) is 7.48. The number of hydrogen-bond donors (Lipinski definition) is 1. The van der Waals surface area contributed by atoms with Gasteiger partial charge in [-0.3, -0.25) is 14.5 Å². The quantitative estimate of drug-likeness (QED) is 0.927. The van der Waals surface area contributed by atoms with Gasteiger partial charge >= 0.3 is 0 Å². The molecule has 0 saturated heterocycles. The van der Waals surface area contributed by atoms with Crippen molar-refractivity contribution < 1.29 is 14.3 Å². The fourth-order valence-electron chi connectivity index (χ4n) is 2.02. The molecule has 0 atom stereocenters. The lowest BCUT2D eigenvalue weighted by Gasteiger charge is -2.27. The highest BCUT2D eigenvalue weighted by Gasteiger charge is 2.28. The molecule has 3 rings (SSSR count). The molecule has 0 saturated carbocycles. The second-order valence-corrected chi connectivity index (χ2v) is 6.01. The number of rotatable bonds is 3. The maximum absolute atomic E-state index is 12.1. The molecule has 1 aliphatic heterocycles. The summed E-state index contributed by atoms with van der Waals surface area (Å²) in [5.74, 6) is 0.240. The molecule has 0 aliphatic carbocycles. The van der Waals surface area contributed by atoms with Gasteiger partial charge in [0.05, 0.1) is 5.69 Å². The molecule has 0 aromatic carbocycles. The van der Waals surface area contributed by atoms with Crippen molar-refractivity contribution in [2.45, 2.75) is 13.8 Å². The molecule has 0 radical (unpaired) electrons. The van der Waals surface area contributed by atoms with Crippen LogP contribution in [0, 0.1) is 13.8 Å². The number of aryl methyl sites for hydroxylation is 2. The van der Waals surface area contributed by atoms with Crippen molar-refractivity contribution in [3.8, 4) is 5.75 Å².